The van der Waals surface area contributed by atoms with Gasteiger partial charge in [-0.3, -0.25) is 15.1 Å². The molecule has 4 aromatic rings. The van der Waals surface area contributed by atoms with Gasteiger partial charge in [-0.05, 0) is 23.3 Å². The zero-order valence-electron chi connectivity index (χ0n) is 13.8. The normalized spacial score (nSPS) is 14.9. The van der Waals surface area contributed by atoms with E-state index >= 15 is 0 Å². The van der Waals surface area contributed by atoms with Gasteiger partial charge in [-0.15, -0.1) is 0 Å². The fourth-order valence-electron chi connectivity index (χ4n) is 3.61. The Hall–Kier alpha value is -3.54. The molecule has 0 atom stereocenters. The molecule has 0 radical (unpaired) electrons. The van der Waals surface area contributed by atoms with E-state index in [4.69, 9.17) is 4.42 Å². The SMILES string of the molecule is C1=CC(c2cccnc2)(c2cccnc2)Cc2[nH]nc(-c3cocn3)c21. The third-order valence-electron chi connectivity index (χ3n) is 4.90. The first kappa shape index (κ1) is 14.8. The van der Waals surface area contributed by atoms with E-state index in [1.54, 1.807) is 18.7 Å². The molecule has 0 unspecified atom stereocenters. The molecule has 0 spiro atoms. The first-order valence-electron chi connectivity index (χ1n) is 8.33. The number of hydrogen-bond donors (Lipinski definition) is 1. The summed E-state index contributed by atoms with van der Waals surface area (Å²) >= 11 is 0. The molecule has 4 heterocycles. The fourth-order valence-corrected chi connectivity index (χ4v) is 3.61. The first-order chi connectivity index (χ1) is 12.9. The standard InChI is InChI=1S/C20H15N5O/c1-3-14(10-21-7-1)20(15-4-2-8-22-11-15)6-5-16-17(9-20)24-25-19(16)18-12-26-13-23-18/h1-8,10-13H,9H2,(H,24,25). The van der Waals surface area contributed by atoms with Crippen LogP contribution < -0.4 is 0 Å². The second-order valence-corrected chi connectivity index (χ2v) is 6.30. The van der Waals surface area contributed by atoms with Gasteiger partial charge < -0.3 is 4.42 Å². The molecular formula is C20H15N5O. The van der Waals surface area contributed by atoms with Crippen molar-refractivity contribution in [1.82, 2.24) is 25.1 Å². The smallest absolute Gasteiger partial charge is 0.181 e. The fraction of sp³-hybridized carbons (Fsp3) is 0.100. The van der Waals surface area contributed by atoms with Crippen molar-refractivity contribution in [2.75, 3.05) is 0 Å². The average Bonchev–Trinajstić information content (AvgIpc) is 3.38. The summed E-state index contributed by atoms with van der Waals surface area (Å²) in [6.07, 6.45) is 15.5. The highest BCUT2D eigenvalue weighted by molar-refractivity contribution is 5.74. The van der Waals surface area contributed by atoms with Gasteiger partial charge >= 0.3 is 0 Å². The molecule has 1 aliphatic carbocycles. The molecule has 0 amide bonds. The second kappa shape index (κ2) is 5.77. The molecular weight excluding hydrogens is 326 g/mol. The number of nitrogens with zero attached hydrogens (tertiary/aromatic N) is 4. The van der Waals surface area contributed by atoms with Gasteiger partial charge in [-0.2, -0.15) is 5.10 Å². The second-order valence-electron chi connectivity index (χ2n) is 6.30. The number of rotatable bonds is 3. The minimum atomic E-state index is -0.344. The van der Waals surface area contributed by atoms with Crippen LogP contribution in [0.1, 0.15) is 22.4 Å². The van der Waals surface area contributed by atoms with E-state index in [-0.39, 0.29) is 5.41 Å². The lowest BCUT2D eigenvalue weighted by Crippen LogP contribution is -2.30. The molecule has 0 bridgehead atoms. The minimum absolute atomic E-state index is 0.344. The molecule has 4 aromatic heterocycles. The molecule has 0 saturated heterocycles. The van der Waals surface area contributed by atoms with Crippen LogP contribution in [-0.2, 0) is 11.8 Å². The summed E-state index contributed by atoms with van der Waals surface area (Å²) in [6.45, 7) is 0. The molecule has 126 valence electrons. The average molecular weight is 341 g/mol. The summed E-state index contributed by atoms with van der Waals surface area (Å²) < 4.78 is 5.10. The highest BCUT2D eigenvalue weighted by atomic mass is 16.3. The van der Waals surface area contributed by atoms with Crippen molar-refractivity contribution in [3.8, 4) is 11.4 Å². The van der Waals surface area contributed by atoms with Gasteiger partial charge in [-0.1, -0.05) is 24.3 Å². The van der Waals surface area contributed by atoms with Crippen molar-refractivity contribution in [3.63, 3.8) is 0 Å². The van der Waals surface area contributed by atoms with Gasteiger partial charge in [0.2, 0.25) is 0 Å². The van der Waals surface area contributed by atoms with E-state index in [0.717, 1.165) is 40.2 Å². The predicted octanol–water partition coefficient (Wildman–Crippen LogP) is 3.41. The molecule has 1 N–H and O–H groups in total. The van der Waals surface area contributed by atoms with E-state index in [1.807, 2.05) is 24.5 Å². The molecule has 0 saturated carbocycles. The number of nitrogens with one attached hydrogen (secondary N) is 1. The summed E-state index contributed by atoms with van der Waals surface area (Å²) in [4.78, 5) is 12.9. The minimum Gasteiger partial charge on any atom is -0.451 e. The van der Waals surface area contributed by atoms with Gasteiger partial charge in [0, 0.05) is 47.9 Å². The van der Waals surface area contributed by atoms with Crippen LogP contribution in [0.3, 0.4) is 0 Å². The van der Waals surface area contributed by atoms with Crippen LogP contribution in [0.2, 0.25) is 0 Å². The lowest BCUT2D eigenvalue weighted by Gasteiger charge is -2.33. The van der Waals surface area contributed by atoms with E-state index in [1.165, 1.54) is 6.39 Å². The largest absolute Gasteiger partial charge is 0.451 e. The van der Waals surface area contributed by atoms with Crippen molar-refractivity contribution in [1.29, 1.82) is 0 Å². The third-order valence-corrected chi connectivity index (χ3v) is 4.90. The van der Waals surface area contributed by atoms with E-state index in [9.17, 15) is 0 Å². The van der Waals surface area contributed by atoms with Crippen LogP contribution >= 0.6 is 0 Å². The molecule has 0 aromatic carbocycles. The Labute approximate surface area is 149 Å². The highest BCUT2D eigenvalue weighted by Gasteiger charge is 2.37. The van der Waals surface area contributed by atoms with Crippen molar-refractivity contribution >= 4 is 6.08 Å². The van der Waals surface area contributed by atoms with Crippen LogP contribution in [0.15, 0.2) is 72.2 Å². The number of hydrogen-bond acceptors (Lipinski definition) is 5. The first-order valence-corrected chi connectivity index (χ1v) is 8.33. The number of pyridine rings is 2. The number of aromatic amines is 1. The Morgan fingerprint density at radius 3 is 2.42 bits per heavy atom. The van der Waals surface area contributed by atoms with E-state index in [2.05, 4.69) is 49.4 Å². The Kier molecular flexibility index (Phi) is 3.28. The van der Waals surface area contributed by atoms with Crippen molar-refractivity contribution in [2.45, 2.75) is 11.8 Å². The van der Waals surface area contributed by atoms with Crippen LogP contribution in [-0.4, -0.2) is 25.1 Å². The van der Waals surface area contributed by atoms with Crippen LogP contribution in [0.4, 0.5) is 0 Å². The maximum Gasteiger partial charge on any atom is 0.181 e. The topological polar surface area (TPSA) is 80.5 Å². The zero-order chi connectivity index (χ0) is 17.4. The quantitative estimate of drug-likeness (QED) is 0.617. The molecule has 5 rings (SSSR count). The number of H-pyrrole nitrogens is 1. The maximum atomic E-state index is 5.10. The monoisotopic (exact) mass is 341 g/mol. The maximum absolute atomic E-state index is 5.10. The van der Waals surface area contributed by atoms with Crippen LogP contribution in [0, 0.1) is 0 Å². The Morgan fingerprint density at radius 1 is 1.04 bits per heavy atom. The summed E-state index contributed by atoms with van der Waals surface area (Å²) in [6, 6.07) is 8.13. The van der Waals surface area contributed by atoms with Crippen molar-refractivity contribution in [3.05, 3.63) is 90.2 Å². The van der Waals surface area contributed by atoms with E-state index < -0.39 is 0 Å². The summed E-state index contributed by atoms with van der Waals surface area (Å²) in [5.41, 5.74) is 5.52. The molecule has 6 nitrogen and oxygen atoms in total. The number of allylic oxidation sites excluding steroid dienone is 1. The van der Waals surface area contributed by atoms with E-state index in [0.29, 0.717) is 0 Å². The Balaban J connectivity index is 1.67. The van der Waals surface area contributed by atoms with Crippen molar-refractivity contribution < 1.29 is 4.42 Å². The van der Waals surface area contributed by atoms with Crippen molar-refractivity contribution in [2.24, 2.45) is 0 Å². The molecule has 1 aliphatic rings. The summed E-state index contributed by atoms with van der Waals surface area (Å²) in [5, 5.41) is 7.65. The molecule has 6 heteroatoms. The zero-order valence-corrected chi connectivity index (χ0v) is 13.8. The van der Waals surface area contributed by atoms with Gasteiger partial charge in [-0.25, -0.2) is 4.98 Å². The highest BCUT2D eigenvalue weighted by Crippen LogP contribution is 2.42. The summed E-state index contributed by atoms with van der Waals surface area (Å²) in [7, 11) is 0. The predicted molar refractivity (Wildman–Crippen MR) is 96.1 cm³/mol. The number of aromatic nitrogens is 5. The van der Waals surface area contributed by atoms with Gasteiger partial charge in [0.25, 0.3) is 0 Å². The molecule has 26 heavy (non-hydrogen) atoms. The third kappa shape index (κ3) is 2.19. The Morgan fingerprint density at radius 2 is 1.81 bits per heavy atom. The lowest BCUT2D eigenvalue weighted by molar-refractivity contribution is 0.558. The number of fused-ring (bicyclic) bond motifs is 1. The molecule has 0 fully saturated rings. The van der Waals surface area contributed by atoms with Crippen LogP contribution in [0.25, 0.3) is 17.5 Å². The Bertz CT molecular complexity index is 1010. The number of oxazole rings is 1. The molecule has 0 aliphatic heterocycles. The van der Waals surface area contributed by atoms with Crippen LogP contribution in [0.5, 0.6) is 0 Å². The van der Waals surface area contributed by atoms with Gasteiger partial charge in [0.1, 0.15) is 17.7 Å². The summed E-state index contributed by atoms with van der Waals surface area (Å²) in [5.74, 6) is 0. The lowest BCUT2D eigenvalue weighted by atomic mass is 9.69. The van der Waals surface area contributed by atoms with Gasteiger partial charge in [0.05, 0.1) is 0 Å². The van der Waals surface area contributed by atoms with Gasteiger partial charge in [0.15, 0.2) is 6.39 Å².